The third kappa shape index (κ3) is 1.82. The first kappa shape index (κ1) is 11.1. The van der Waals surface area contributed by atoms with Crippen molar-refractivity contribution in [2.24, 2.45) is 0 Å². The second-order valence-corrected chi connectivity index (χ2v) is 5.25. The first-order valence-corrected chi connectivity index (χ1v) is 6.31. The molecule has 0 fully saturated rings. The van der Waals surface area contributed by atoms with Crippen LogP contribution in [0.1, 0.15) is 23.6 Å². The summed E-state index contributed by atoms with van der Waals surface area (Å²) in [5.41, 5.74) is 10.7. The van der Waals surface area contributed by atoms with Gasteiger partial charge in [0.25, 0.3) is 0 Å². The van der Waals surface area contributed by atoms with Crippen LogP contribution in [0.3, 0.4) is 0 Å². The van der Waals surface area contributed by atoms with Crippen LogP contribution in [0, 0.1) is 0 Å². The van der Waals surface area contributed by atoms with Crippen LogP contribution in [-0.2, 0) is 11.8 Å². The topological polar surface area (TPSA) is 26.0 Å². The molecule has 18 heavy (non-hydrogen) atoms. The van der Waals surface area contributed by atoms with Crippen molar-refractivity contribution in [3.63, 3.8) is 0 Å². The van der Waals surface area contributed by atoms with Crippen LogP contribution < -0.4 is 5.73 Å². The van der Waals surface area contributed by atoms with Crippen molar-refractivity contribution >= 4 is 11.8 Å². The second kappa shape index (κ2) is 4.02. The number of fused-ring (bicyclic) bond motifs is 1. The zero-order valence-electron chi connectivity index (χ0n) is 10.6. The minimum absolute atomic E-state index is 0.0877. The highest BCUT2D eigenvalue weighted by Gasteiger charge is 2.27. The van der Waals surface area contributed by atoms with E-state index in [1.807, 2.05) is 6.07 Å². The minimum atomic E-state index is 0.0877. The molecule has 1 heteroatoms. The molecule has 2 aromatic carbocycles. The molecule has 0 aromatic heterocycles. The molecule has 1 aliphatic rings. The van der Waals surface area contributed by atoms with Crippen LogP contribution in [-0.4, -0.2) is 0 Å². The summed E-state index contributed by atoms with van der Waals surface area (Å²) < 4.78 is 0. The minimum Gasteiger partial charge on any atom is -0.399 e. The first-order chi connectivity index (χ1) is 8.67. The van der Waals surface area contributed by atoms with Gasteiger partial charge >= 0.3 is 0 Å². The summed E-state index contributed by atoms with van der Waals surface area (Å²) in [6, 6.07) is 16.9. The predicted octanol–water partition coefficient (Wildman–Crippen LogP) is 3.80. The van der Waals surface area contributed by atoms with Crippen molar-refractivity contribution in [2.45, 2.75) is 18.8 Å². The monoisotopic (exact) mass is 235 g/mol. The molecule has 0 saturated heterocycles. The molecule has 3 rings (SSSR count). The number of rotatable bonds is 1. The van der Waals surface area contributed by atoms with E-state index in [4.69, 9.17) is 5.73 Å². The Kier molecular flexibility index (Phi) is 2.48. The number of benzene rings is 2. The molecule has 0 heterocycles. The molecule has 1 aliphatic carbocycles. The number of allylic oxidation sites excluding steroid dienone is 1. The first-order valence-electron chi connectivity index (χ1n) is 6.31. The van der Waals surface area contributed by atoms with Gasteiger partial charge in [-0.15, -0.1) is 0 Å². The van der Waals surface area contributed by atoms with Gasteiger partial charge in [-0.1, -0.05) is 55.5 Å². The van der Waals surface area contributed by atoms with Gasteiger partial charge in [0.15, 0.2) is 0 Å². The van der Waals surface area contributed by atoms with Gasteiger partial charge in [-0.25, -0.2) is 0 Å². The number of nitrogens with two attached hydrogens (primary N) is 1. The molecule has 90 valence electrons. The summed E-state index contributed by atoms with van der Waals surface area (Å²) in [5, 5.41) is 0. The Hall–Kier alpha value is -2.02. The lowest BCUT2D eigenvalue weighted by Gasteiger charge is -2.31. The van der Waals surface area contributed by atoms with E-state index in [0.717, 1.165) is 12.1 Å². The highest BCUT2D eigenvalue weighted by molar-refractivity contribution is 5.64. The van der Waals surface area contributed by atoms with E-state index >= 15 is 0 Å². The largest absolute Gasteiger partial charge is 0.399 e. The Morgan fingerprint density at radius 3 is 2.61 bits per heavy atom. The maximum atomic E-state index is 5.83. The molecule has 0 spiro atoms. The van der Waals surface area contributed by atoms with Gasteiger partial charge in [0.05, 0.1) is 0 Å². The van der Waals surface area contributed by atoms with Gasteiger partial charge < -0.3 is 5.73 Å². The summed E-state index contributed by atoms with van der Waals surface area (Å²) in [7, 11) is 0. The zero-order chi connectivity index (χ0) is 12.6. The van der Waals surface area contributed by atoms with Crippen molar-refractivity contribution in [3.8, 4) is 0 Å². The molecule has 2 aromatic rings. The fourth-order valence-corrected chi connectivity index (χ4v) is 2.67. The second-order valence-electron chi connectivity index (χ2n) is 5.25. The van der Waals surface area contributed by atoms with E-state index in [9.17, 15) is 0 Å². The standard InChI is InChI=1S/C17H17N/c1-17(15-5-3-2-4-6-15)10-9-13-11-16(18)8-7-14(13)12-17/h2-11H,12,18H2,1H3. The van der Waals surface area contributed by atoms with Gasteiger partial charge in [-0.3, -0.25) is 0 Å². The average Bonchev–Trinajstić information content (AvgIpc) is 2.40. The molecule has 0 amide bonds. The number of hydrogen-bond acceptors (Lipinski definition) is 1. The predicted molar refractivity (Wildman–Crippen MR) is 77.4 cm³/mol. The Bertz CT molecular complexity index is 598. The molecular formula is C17H17N. The fourth-order valence-electron chi connectivity index (χ4n) is 2.67. The van der Waals surface area contributed by atoms with Crippen molar-refractivity contribution in [1.29, 1.82) is 0 Å². The van der Waals surface area contributed by atoms with E-state index in [0.29, 0.717) is 0 Å². The zero-order valence-corrected chi connectivity index (χ0v) is 10.6. The third-order valence-corrected chi connectivity index (χ3v) is 3.79. The average molecular weight is 235 g/mol. The summed E-state index contributed by atoms with van der Waals surface area (Å²) in [4.78, 5) is 0. The van der Waals surface area contributed by atoms with Crippen LogP contribution in [0.5, 0.6) is 0 Å². The Labute approximate surface area is 108 Å². The number of hydrogen-bond donors (Lipinski definition) is 1. The van der Waals surface area contributed by atoms with Gasteiger partial charge in [0.1, 0.15) is 0 Å². The van der Waals surface area contributed by atoms with Gasteiger partial charge in [0.2, 0.25) is 0 Å². The highest BCUT2D eigenvalue weighted by atomic mass is 14.5. The van der Waals surface area contributed by atoms with E-state index in [1.165, 1.54) is 16.7 Å². The molecule has 0 saturated carbocycles. The molecule has 0 bridgehead atoms. The van der Waals surface area contributed by atoms with Crippen molar-refractivity contribution in [2.75, 3.05) is 5.73 Å². The quantitative estimate of drug-likeness (QED) is 0.748. The molecular weight excluding hydrogens is 218 g/mol. The van der Waals surface area contributed by atoms with Crippen LogP contribution >= 0.6 is 0 Å². The number of nitrogen functional groups attached to an aromatic ring is 1. The Morgan fingerprint density at radius 2 is 1.83 bits per heavy atom. The summed E-state index contributed by atoms with van der Waals surface area (Å²) in [6.45, 7) is 2.29. The highest BCUT2D eigenvalue weighted by Crippen LogP contribution is 2.35. The van der Waals surface area contributed by atoms with Crippen LogP contribution in [0.25, 0.3) is 6.08 Å². The van der Waals surface area contributed by atoms with Crippen molar-refractivity contribution in [3.05, 3.63) is 71.3 Å². The number of anilines is 1. The van der Waals surface area contributed by atoms with Crippen molar-refractivity contribution in [1.82, 2.24) is 0 Å². The van der Waals surface area contributed by atoms with Gasteiger partial charge in [-0.2, -0.15) is 0 Å². The normalized spacial score (nSPS) is 21.6. The van der Waals surface area contributed by atoms with E-state index in [2.05, 4.69) is 61.5 Å². The lowest BCUT2D eigenvalue weighted by molar-refractivity contribution is 0.587. The summed E-state index contributed by atoms with van der Waals surface area (Å²) in [6.07, 6.45) is 5.52. The van der Waals surface area contributed by atoms with Gasteiger partial charge in [0, 0.05) is 11.1 Å². The van der Waals surface area contributed by atoms with E-state index in [1.54, 1.807) is 0 Å². The van der Waals surface area contributed by atoms with E-state index < -0.39 is 0 Å². The van der Waals surface area contributed by atoms with Crippen molar-refractivity contribution < 1.29 is 0 Å². The lowest BCUT2D eigenvalue weighted by atomic mass is 9.73. The lowest BCUT2D eigenvalue weighted by Crippen LogP contribution is -2.24. The maximum Gasteiger partial charge on any atom is 0.0320 e. The molecule has 2 N–H and O–H groups in total. The van der Waals surface area contributed by atoms with Gasteiger partial charge in [-0.05, 0) is 35.2 Å². The SMILES string of the molecule is CC1(c2ccccc2)C=Cc2cc(N)ccc2C1. The Morgan fingerprint density at radius 1 is 1.06 bits per heavy atom. The van der Waals surface area contributed by atoms with E-state index in [-0.39, 0.29) is 5.41 Å². The molecule has 0 aliphatic heterocycles. The Balaban J connectivity index is 2.03. The molecule has 1 nitrogen and oxygen atoms in total. The molecule has 0 radical (unpaired) electrons. The van der Waals surface area contributed by atoms with Crippen LogP contribution in [0.2, 0.25) is 0 Å². The van der Waals surface area contributed by atoms with Crippen LogP contribution in [0.4, 0.5) is 5.69 Å². The van der Waals surface area contributed by atoms with Crippen LogP contribution in [0.15, 0.2) is 54.6 Å². The maximum absolute atomic E-state index is 5.83. The summed E-state index contributed by atoms with van der Waals surface area (Å²) >= 11 is 0. The molecule has 1 atom stereocenters. The molecule has 1 unspecified atom stereocenters. The smallest absolute Gasteiger partial charge is 0.0320 e. The third-order valence-electron chi connectivity index (χ3n) is 3.79. The summed E-state index contributed by atoms with van der Waals surface area (Å²) in [5.74, 6) is 0. The fraction of sp³-hybridized carbons (Fsp3) is 0.176.